The second kappa shape index (κ2) is 3.34. The number of rotatable bonds is 3. The molecule has 0 bridgehead atoms. The molecule has 0 atom stereocenters. The standard InChI is InChI=1S/C12H16O2S/c1-10-3-5-11(6-4-10)12(7-8-12)9-15(2,13)14/h3-6H,7-9H2,1-2H3. The Morgan fingerprint density at radius 2 is 1.73 bits per heavy atom. The van der Waals surface area contributed by atoms with Gasteiger partial charge < -0.3 is 0 Å². The van der Waals surface area contributed by atoms with Gasteiger partial charge in [-0.05, 0) is 25.3 Å². The average Bonchev–Trinajstić information content (AvgIpc) is 2.83. The summed E-state index contributed by atoms with van der Waals surface area (Å²) in [5.41, 5.74) is 2.33. The van der Waals surface area contributed by atoms with E-state index in [9.17, 15) is 8.42 Å². The van der Waals surface area contributed by atoms with Crippen molar-refractivity contribution in [2.24, 2.45) is 0 Å². The maximum Gasteiger partial charge on any atom is 0.148 e. The van der Waals surface area contributed by atoms with E-state index in [4.69, 9.17) is 0 Å². The van der Waals surface area contributed by atoms with Crippen molar-refractivity contribution in [2.75, 3.05) is 12.0 Å². The van der Waals surface area contributed by atoms with Crippen molar-refractivity contribution in [2.45, 2.75) is 25.2 Å². The molecule has 2 nitrogen and oxygen atoms in total. The number of benzene rings is 1. The molecule has 0 radical (unpaired) electrons. The van der Waals surface area contributed by atoms with Crippen molar-refractivity contribution < 1.29 is 8.42 Å². The molecule has 15 heavy (non-hydrogen) atoms. The van der Waals surface area contributed by atoms with Crippen molar-refractivity contribution in [1.82, 2.24) is 0 Å². The van der Waals surface area contributed by atoms with E-state index in [-0.39, 0.29) is 5.41 Å². The van der Waals surface area contributed by atoms with Crippen molar-refractivity contribution in [3.8, 4) is 0 Å². The summed E-state index contributed by atoms with van der Waals surface area (Å²) >= 11 is 0. The van der Waals surface area contributed by atoms with Gasteiger partial charge in [0.1, 0.15) is 9.84 Å². The number of aryl methyl sites for hydroxylation is 1. The van der Waals surface area contributed by atoms with Crippen LogP contribution in [0.4, 0.5) is 0 Å². The predicted molar refractivity (Wildman–Crippen MR) is 61.8 cm³/mol. The summed E-state index contributed by atoms with van der Waals surface area (Å²) in [5, 5.41) is 0. The fourth-order valence-electron chi connectivity index (χ4n) is 2.08. The molecule has 0 N–H and O–H groups in total. The summed E-state index contributed by atoms with van der Waals surface area (Å²) in [4.78, 5) is 0. The Morgan fingerprint density at radius 1 is 1.20 bits per heavy atom. The largest absolute Gasteiger partial charge is 0.229 e. The minimum Gasteiger partial charge on any atom is -0.229 e. The third-order valence-electron chi connectivity index (χ3n) is 3.06. The van der Waals surface area contributed by atoms with E-state index in [1.165, 1.54) is 17.4 Å². The zero-order valence-electron chi connectivity index (χ0n) is 9.16. The highest BCUT2D eigenvalue weighted by Crippen LogP contribution is 2.49. The van der Waals surface area contributed by atoms with Crippen LogP contribution in [0, 0.1) is 6.92 Å². The molecule has 1 fully saturated rings. The Morgan fingerprint density at radius 3 is 2.13 bits per heavy atom. The highest BCUT2D eigenvalue weighted by molar-refractivity contribution is 7.90. The van der Waals surface area contributed by atoms with Crippen LogP contribution in [-0.2, 0) is 15.3 Å². The van der Waals surface area contributed by atoms with E-state index < -0.39 is 9.84 Å². The first-order chi connectivity index (χ1) is 6.91. The van der Waals surface area contributed by atoms with E-state index in [1.807, 2.05) is 6.92 Å². The minimum atomic E-state index is -2.88. The summed E-state index contributed by atoms with van der Waals surface area (Å²) in [7, 11) is -2.88. The van der Waals surface area contributed by atoms with E-state index in [0.717, 1.165) is 12.8 Å². The topological polar surface area (TPSA) is 34.1 Å². The van der Waals surface area contributed by atoms with Crippen LogP contribution < -0.4 is 0 Å². The maximum absolute atomic E-state index is 11.3. The third-order valence-corrected chi connectivity index (χ3v) is 4.13. The summed E-state index contributed by atoms with van der Waals surface area (Å²) in [5.74, 6) is 0.295. The van der Waals surface area contributed by atoms with Crippen LogP contribution in [0.15, 0.2) is 24.3 Å². The van der Waals surface area contributed by atoms with Gasteiger partial charge in [0.25, 0.3) is 0 Å². The van der Waals surface area contributed by atoms with E-state index in [0.29, 0.717) is 5.75 Å². The van der Waals surface area contributed by atoms with Crippen LogP contribution in [0.2, 0.25) is 0 Å². The normalized spacial score (nSPS) is 18.8. The molecule has 0 amide bonds. The summed E-state index contributed by atoms with van der Waals surface area (Å²) in [6.07, 6.45) is 3.33. The molecule has 1 aromatic rings. The van der Waals surface area contributed by atoms with E-state index in [2.05, 4.69) is 24.3 Å². The molecule has 1 aliphatic rings. The summed E-state index contributed by atoms with van der Waals surface area (Å²) in [6, 6.07) is 8.23. The number of hydrogen-bond acceptors (Lipinski definition) is 2. The lowest BCUT2D eigenvalue weighted by atomic mass is 9.97. The molecule has 0 spiro atoms. The molecule has 1 aromatic carbocycles. The quantitative estimate of drug-likeness (QED) is 0.787. The van der Waals surface area contributed by atoms with Gasteiger partial charge in [-0.1, -0.05) is 29.8 Å². The number of hydrogen-bond donors (Lipinski definition) is 0. The second-order valence-corrected chi connectivity index (χ2v) is 6.86. The Kier molecular flexibility index (Phi) is 2.38. The monoisotopic (exact) mass is 224 g/mol. The van der Waals surface area contributed by atoms with Gasteiger partial charge in [0.05, 0.1) is 5.75 Å². The first-order valence-electron chi connectivity index (χ1n) is 5.16. The van der Waals surface area contributed by atoms with Gasteiger partial charge in [-0.25, -0.2) is 8.42 Å². The van der Waals surface area contributed by atoms with Gasteiger partial charge in [0.15, 0.2) is 0 Å². The first-order valence-corrected chi connectivity index (χ1v) is 7.22. The molecule has 2 rings (SSSR count). The van der Waals surface area contributed by atoms with Gasteiger partial charge in [-0.2, -0.15) is 0 Å². The van der Waals surface area contributed by atoms with Gasteiger partial charge in [0, 0.05) is 11.7 Å². The Labute approximate surface area is 91.2 Å². The molecular formula is C12H16O2S. The van der Waals surface area contributed by atoms with Crippen molar-refractivity contribution in [3.63, 3.8) is 0 Å². The average molecular weight is 224 g/mol. The smallest absolute Gasteiger partial charge is 0.148 e. The first kappa shape index (κ1) is 10.7. The van der Waals surface area contributed by atoms with Gasteiger partial charge in [0.2, 0.25) is 0 Å². The van der Waals surface area contributed by atoms with Crippen LogP contribution >= 0.6 is 0 Å². The van der Waals surface area contributed by atoms with Crippen molar-refractivity contribution in [1.29, 1.82) is 0 Å². The molecular weight excluding hydrogens is 208 g/mol. The molecule has 0 aliphatic heterocycles. The van der Waals surface area contributed by atoms with Crippen LogP contribution in [0.5, 0.6) is 0 Å². The van der Waals surface area contributed by atoms with Crippen LogP contribution in [0.1, 0.15) is 24.0 Å². The lowest BCUT2D eigenvalue weighted by Gasteiger charge is -2.14. The third kappa shape index (κ3) is 2.40. The van der Waals surface area contributed by atoms with E-state index >= 15 is 0 Å². The van der Waals surface area contributed by atoms with Crippen LogP contribution in [-0.4, -0.2) is 20.4 Å². The Hall–Kier alpha value is -0.830. The summed E-state index contributed by atoms with van der Waals surface area (Å²) < 4.78 is 22.7. The highest BCUT2D eigenvalue weighted by Gasteiger charge is 2.46. The van der Waals surface area contributed by atoms with E-state index in [1.54, 1.807) is 0 Å². The van der Waals surface area contributed by atoms with Gasteiger partial charge in [-0.3, -0.25) is 0 Å². The van der Waals surface area contributed by atoms with Crippen LogP contribution in [0.3, 0.4) is 0 Å². The van der Waals surface area contributed by atoms with Gasteiger partial charge >= 0.3 is 0 Å². The molecule has 0 aromatic heterocycles. The minimum absolute atomic E-state index is 0.0682. The van der Waals surface area contributed by atoms with Crippen molar-refractivity contribution in [3.05, 3.63) is 35.4 Å². The zero-order valence-corrected chi connectivity index (χ0v) is 9.97. The van der Waals surface area contributed by atoms with Crippen LogP contribution in [0.25, 0.3) is 0 Å². The Balaban J connectivity index is 2.27. The Bertz CT molecular complexity index is 453. The molecule has 82 valence electrons. The summed E-state index contributed by atoms with van der Waals surface area (Å²) in [6.45, 7) is 2.04. The lowest BCUT2D eigenvalue weighted by Crippen LogP contribution is -2.19. The number of sulfone groups is 1. The van der Waals surface area contributed by atoms with Crippen molar-refractivity contribution >= 4 is 9.84 Å². The molecule has 1 aliphatic carbocycles. The molecule has 0 saturated heterocycles. The molecule has 3 heteroatoms. The molecule has 1 saturated carbocycles. The predicted octanol–water partition coefficient (Wildman–Crippen LogP) is 2.07. The lowest BCUT2D eigenvalue weighted by molar-refractivity contribution is 0.592. The van der Waals surface area contributed by atoms with Gasteiger partial charge in [-0.15, -0.1) is 0 Å². The highest BCUT2D eigenvalue weighted by atomic mass is 32.2. The zero-order chi connectivity index (χ0) is 11.1. The maximum atomic E-state index is 11.3. The fraction of sp³-hybridized carbons (Fsp3) is 0.500. The fourth-order valence-corrected chi connectivity index (χ4v) is 3.54. The second-order valence-electron chi connectivity index (χ2n) is 4.72. The SMILES string of the molecule is Cc1ccc(C2(CS(C)(=O)=O)CC2)cc1. The molecule has 0 heterocycles. The molecule has 0 unspecified atom stereocenters.